The van der Waals surface area contributed by atoms with Crippen LogP contribution in [0.15, 0.2) is 106 Å². The number of nitrogens with zero attached hydrogens (tertiary/aromatic N) is 4. The first-order valence-corrected chi connectivity index (χ1v) is 13.3. The number of halogens is 3. The van der Waals surface area contributed by atoms with Crippen molar-refractivity contribution in [2.45, 2.75) is 25.8 Å². The van der Waals surface area contributed by atoms with Gasteiger partial charge in [0.1, 0.15) is 5.69 Å². The van der Waals surface area contributed by atoms with Crippen LogP contribution in [-0.4, -0.2) is 20.5 Å². The molecule has 1 unspecified atom stereocenters. The van der Waals surface area contributed by atoms with Crippen molar-refractivity contribution in [3.63, 3.8) is 0 Å². The summed E-state index contributed by atoms with van der Waals surface area (Å²) in [7, 11) is 0. The number of aryl methyl sites for hydroxylation is 1. The van der Waals surface area contributed by atoms with Crippen LogP contribution in [0.25, 0.3) is 16.9 Å². The molecule has 0 saturated carbocycles. The summed E-state index contributed by atoms with van der Waals surface area (Å²) in [5.74, 6) is 1.32. The Balaban J connectivity index is 1.66. The molecule has 184 valence electrons. The van der Waals surface area contributed by atoms with Crippen LogP contribution in [0.1, 0.15) is 36.1 Å². The molecule has 2 aliphatic rings. The molecule has 7 heteroatoms. The van der Waals surface area contributed by atoms with Crippen molar-refractivity contribution in [1.82, 2.24) is 14.7 Å². The van der Waals surface area contributed by atoms with Gasteiger partial charge in [0.05, 0.1) is 27.4 Å². The van der Waals surface area contributed by atoms with Crippen molar-refractivity contribution in [2.24, 2.45) is 4.99 Å². The van der Waals surface area contributed by atoms with Crippen molar-refractivity contribution in [3.8, 4) is 16.9 Å². The number of para-hydroxylation sites is 1. The Labute approximate surface area is 231 Å². The van der Waals surface area contributed by atoms with E-state index in [2.05, 4.69) is 31.2 Å². The molecule has 2 aliphatic heterocycles. The molecule has 0 spiro atoms. The molecule has 4 aromatic rings. The fourth-order valence-corrected chi connectivity index (χ4v) is 5.72. The van der Waals surface area contributed by atoms with E-state index < -0.39 is 0 Å². The summed E-state index contributed by atoms with van der Waals surface area (Å²) in [6.45, 7) is 2.19. The van der Waals surface area contributed by atoms with Crippen LogP contribution in [0, 0.1) is 0 Å². The lowest BCUT2D eigenvalue weighted by atomic mass is 9.92. The highest BCUT2D eigenvalue weighted by Gasteiger charge is 2.39. The van der Waals surface area contributed by atoms with E-state index in [-0.39, 0.29) is 6.04 Å². The molecule has 0 radical (unpaired) electrons. The van der Waals surface area contributed by atoms with Gasteiger partial charge in [-0.3, -0.25) is 0 Å². The number of amidine groups is 1. The molecule has 37 heavy (non-hydrogen) atoms. The molecule has 0 bridgehead atoms. The minimum absolute atomic E-state index is 0.338. The van der Waals surface area contributed by atoms with E-state index in [1.807, 2.05) is 70.4 Å². The first-order valence-electron chi connectivity index (χ1n) is 12.2. The van der Waals surface area contributed by atoms with Gasteiger partial charge in [-0.05, 0) is 41.8 Å². The molecule has 0 saturated heterocycles. The second-order valence-corrected chi connectivity index (χ2v) is 10.3. The number of fused-ring (bicyclic) bond motifs is 2. The van der Waals surface area contributed by atoms with Gasteiger partial charge >= 0.3 is 0 Å². The molecule has 0 fully saturated rings. The molecule has 0 aliphatic carbocycles. The Morgan fingerprint density at radius 2 is 1.59 bits per heavy atom. The number of benzene rings is 3. The second kappa shape index (κ2) is 9.86. The zero-order chi connectivity index (χ0) is 25.5. The quantitative estimate of drug-likeness (QED) is 0.251. The van der Waals surface area contributed by atoms with Crippen LogP contribution in [0.5, 0.6) is 0 Å². The van der Waals surface area contributed by atoms with Crippen LogP contribution in [0.4, 0.5) is 5.82 Å². The second-order valence-electron chi connectivity index (χ2n) is 9.05. The van der Waals surface area contributed by atoms with Gasteiger partial charge in [-0.15, -0.1) is 0 Å². The van der Waals surface area contributed by atoms with Crippen molar-refractivity contribution >= 4 is 46.5 Å². The number of hydrogen-bond acceptors (Lipinski definition) is 3. The van der Waals surface area contributed by atoms with Crippen molar-refractivity contribution < 1.29 is 0 Å². The lowest BCUT2D eigenvalue weighted by Gasteiger charge is -2.37. The van der Waals surface area contributed by atoms with Gasteiger partial charge in [-0.2, -0.15) is 5.10 Å². The molecule has 1 aromatic heterocycles. The van der Waals surface area contributed by atoms with E-state index in [1.165, 1.54) is 5.56 Å². The summed E-state index contributed by atoms with van der Waals surface area (Å²) in [5, 5.41) is 6.76. The van der Waals surface area contributed by atoms with Crippen LogP contribution in [0.3, 0.4) is 0 Å². The molecule has 4 nitrogen and oxygen atoms in total. The fraction of sp³-hybridized carbons (Fsp3) is 0.133. The summed E-state index contributed by atoms with van der Waals surface area (Å²) in [5.41, 5.74) is 5.92. The van der Waals surface area contributed by atoms with Crippen LogP contribution < -0.4 is 0 Å². The first kappa shape index (κ1) is 24.1. The summed E-state index contributed by atoms with van der Waals surface area (Å²) in [4.78, 5) is 7.05. The van der Waals surface area contributed by atoms with E-state index in [0.717, 1.165) is 40.9 Å². The highest BCUT2D eigenvalue weighted by molar-refractivity contribution is 6.45. The monoisotopic (exact) mass is 544 g/mol. The van der Waals surface area contributed by atoms with Gasteiger partial charge in [0.15, 0.2) is 11.7 Å². The van der Waals surface area contributed by atoms with Gasteiger partial charge < -0.3 is 4.90 Å². The maximum atomic E-state index is 6.81. The number of rotatable bonds is 5. The Hall–Kier alpha value is -3.31. The van der Waals surface area contributed by atoms with Gasteiger partial charge in [0, 0.05) is 16.8 Å². The average Bonchev–Trinajstić information content (AvgIpc) is 3.29. The molecular weight excluding hydrogens is 523 g/mol. The summed E-state index contributed by atoms with van der Waals surface area (Å²) in [6.07, 6.45) is 5.70. The highest BCUT2D eigenvalue weighted by atomic mass is 35.5. The lowest BCUT2D eigenvalue weighted by Crippen LogP contribution is -2.36. The zero-order valence-corrected chi connectivity index (χ0v) is 22.3. The minimum atomic E-state index is -0.338. The third-order valence-electron chi connectivity index (χ3n) is 6.61. The first-order chi connectivity index (χ1) is 18.0. The molecule has 3 aromatic carbocycles. The molecule has 3 heterocycles. The molecule has 0 amide bonds. The summed E-state index contributed by atoms with van der Waals surface area (Å²) >= 11 is 20.0. The Morgan fingerprint density at radius 3 is 2.32 bits per heavy atom. The van der Waals surface area contributed by atoms with Crippen LogP contribution in [0.2, 0.25) is 5.02 Å². The van der Waals surface area contributed by atoms with Gasteiger partial charge in [-0.1, -0.05) is 109 Å². The normalized spacial score (nSPS) is 16.5. The molecule has 0 N–H and O–H groups in total. The Kier molecular flexibility index (Phi) is 6.41. The maximum Gasteiger partial charge on any atom is 0.164 e. The van der Waals surface area contributed by atoms with E-state index in [9.17, 15) is 0 Å². The van der Waals surface area contributed by atoms with Crippen molar-refractivity contribution in [1.29, 1.82) is 0 Å². The van der Waals surface area contributed by atoms with E-state index in [0.29, 0.717) is 26.7 Å². The number of aliphatic imine (C=N–C) groups is 1. The SMILES string of the molecule is CCCc1ccc(-c2nn(-c3ccccc3)c3c2C(c2ccccc2Cl)N2C=C(Cl)C=C(Cl)C2=N3)cc1. The fourth-order valence-electron chi connectivity index (χ4n) is 4.95. The van der Waals surface area contributed by atoms with Gasteiger partial charge in [0.2, 0.25) is 0 Å². The molecular formula is C30H23Cl3N4. The summed E-state index contributed by atoms with van der Waals surface area (Å²) in [6, 6.07) is 26.1. The predicted octanol–water partition coefficient (Wildman–Crippen LogP) is 8.80. The minimum Gasteiger partial charge on any atom is -0.318 e. The Bertz CT molecular complexity index is 1570. The van der Waals surface area contributed by atoms with Crippen molar-refractivity contribution in [2.75, 3.05) is 0 Å². The topological polar surface area (TPSA) is 33.4 Å². The third-order valence-corrected chi connectivity index (χ3v) is 7.44. The van der Waals surface area contributed by atoms with Gasteiger partial charge in [0.25, 0.3) is 0 Å². The molecule has 1 atom stereocenters. The number of aromatic nitrogens is 2. The van der Waals surface area contributed by atoms with E-state index in [1.54, 1.807) is 6.08 Å². The largest absolute Gasteiger partial charge is 0.318 e. The van der Waals surface area contributed by atoms with Crippen LogP contribution in [-0.2, 0) is 6.42 Å². The number of hydrogen-bond donors (Lipinski definition) is 0. The maximum absolute atomic E-state index is 6.81. The van der Waals surface area contributed by atoms with E-state index in [4.69, 9.17) is 44.9 Å². The third kappa shape index (κ3) is 4.29. The number of allylic oxidation sites excluding steroid dienone is 2. The lowest BCUT2D eigenvalue weighted by molar-refractivity contribution is 0.462. The highest BCUT2D eigenvalue weighted by Crippen LogP contribution is 2.49. The Morgan fingerprint density at radius 1 is 0.865 bits per heavy atom. The van der Waals surface area contributed by atoms with Crippen molar-refractivity contribution in [3.05, 3.63) is 123 Å². The summed E-state index contributed by atoms with van der Waals surface area (Å²) < 4.78 is 1.89. The van der Waals surface area contributed by atoms with E-state index >= 15 is 0 Å². The smallest absolute Gasteiger partial charge is 0.164 e. The van der Waals surface area contributed by atoms with Crippen LogP contribution >= 0.6 is 34.8 Å². The standard InChI is InChI=1S/C30H23Cl3N4/c1-2-8-19-13-15-20(16-14-19)27-26-28(23-11-6-7-12-24(23)32)36-18-21(31)17-25(33)29(36)34-30(26)37(35-27)22-9-4-3-5-10-22/h3-7,9-18,28H,2,8H2,1H3. The molecule has 6 rings (SSSR count). The average molecular weight is 546 g/mol. The zero-order valence-electron chi connectivity index (χ0n) is 20.1. The van der Waals surface area contributed by atoms with Gasteiger partial charge in [-0.25, -0.2) is 9.67 Å². The predicted molar refractivity (Wildman–Crippen MR) is 153 cm³/mol.